The number of nitrogens with one attached hydrogen (secondary N) is 4. The molecule has 0 saturated carbocycles. The Hall–Kier alpha value is -5.57. The second kappa shape index (κ2) is 18.7. The molecular formula is C40H49N7O7S. The molecule has 0 fully saturated rings. The van der Waals surface area contributed by atoms with Crippen molar-refractivity contribution in [2.75, 3.05) is 31.9 Å². The summed E-state index contributed by atoms with van der Waals surface area (Å²) >= 11 is 0. The Morgan fingerprint density at radius 1 is 0.873 bits per heavy atom. The van der Waals surface area contributed by atoms with Gasteiger partial charge in [0, 0.05) is 51.0 Å². The Morgan fingerprint density at radius 3 is 2.29 bits per heavy atom. The monoisotopic (exact) mass is 771 g/mol. The van der Waals surface area contributed by atoms with Crippen molar-refractivity contribution in [3.63, 3.8) is 0 Å². The lowest BCUT2D eigenvalue weighted by molar-refractivity contribution is -0.137. The normalized spacial score (nSPS) is 18.3. The third kappa shape index (κ3) is 11.2. The van der Waals surface area contributed by atoms with Crippen molar-refractivity contribution < 1.29 is 32.4 Å². The van der Waals surface area contributed by atoms with Gasteiger partial charge in [0.2, 0.25) is 23.6 Å². The number of amides is 5. The number of sulfone groups is 1. The van der Waals surface area contributed by atoms with E-state index in [9.17, 15) is 32.4 Å². The Labute approximate surface area is 321 Å². The first-order valence-corrected chi connectivity index (χ1v) is 20.2. The van der Waals surface area contributed by atoms with Gasteiger partial charge in [-0.15, -0.1) is 0 Å². The molecule has 15 heteroatoms. The second-order valence-corrected chi connectivity index (χ2v) is 16.2. The van der Waals surface area contributed by atoms with E-state index in [0.29, 0.717) is 37.4 Å². The van der Waals surface area contributed by atoms with Crippen LogP contribution in [-0.4, -0.2) is 96.4 Å². The number of imidazole rings is 1. The summed E-state index contributed by atoms with van der Waals surface area (Å²) in [5.74, 6) is -2.02. The summed E-state index contributed by atoms with van der Waals surface area (Å²) in [5, 5.41) is 11.1. The molecule has 3 aromatic carbocycles. The number of rotatable bonds is 8. The van der Waals surface area contributed by atoms with Gasteiger partial charge >= 0.3 is 0 Å². The van der Waals surface area contributed by atoms with Crippen molar-refractivity contribution in [2.24, 2.45) is 5.92 Å². The maximum atomic E-state index is 13.6. The quantitative estimate of drug-likeness (QED) is 0.210. The first kappa shape index (κ1) is 40.6. The highest BCUT2D eigenvalue weighted by atomic mass is 32.2. The highest BCUT2D eigenvalue weighted by Crippen LogP contribution is 2.21. The van der Waals surface area contributed by atoms with Crippen LogP contribution in [0.2, 0.25) is 0 Å². The number of aromatic nitrogens is 2. The number of carbonyl (C=O) groups is 5. The zero-order chi connectivity index (χ0) is 39.5. The maximum absolute atomic E-state index is 13.6. The topological polar surface area (TPSA) is 189 Å². The summed E-state index contributed by atoms with van der Waals surface area (Å²) in [5.41, 5.74) is 2.61. The molecule has 14 nitrogen and oxygen atoms in total. The van der Waals surface area contributed by atoms with Crippen LogP contribution in [0.4, 0.5) is 0 Å². The summed E-state index contributed by atoms with van der Waals surface area (Å²) in [7, 11) is -3.81. The van der Waals surface area contributed by atoms with Crippen molar-refractivity contribution in [2.45, 2.75) is 70.0 Å². The van der Waals surface area contributed by atoms with Crippen molar-refractivity contribution in [1.29, 1.82) is 0 Å². The molecule has 1 aromatic heterocycles. The van der Waals surface area contributed by atoms with Crippen LogP contribution in [-0.2, 0) is 48.4 Å². The van der Waals surface area contributed by atoms with Crippen LogP contribution in [0.1, 0.15) is 55.4 Å². The van der Waals surface area contributed by atoms with Gasteiger partial charge in [0.1, 0.15) is 17.9 Å². The fourth-order valence-electron chi connectivity index (χ4n) is 6.36. The average Bonchev–Trinajstić information content (AvgIpc) is 3.50. The predicted octanol–water partition coefficient (Wildman–Crippen LogP) is 2.41. The molecule has 0 unspecified atom stereocenters. The van der Waals surface area contributed by atoms with Crippen molar-refractivity contribution >= 4 is 50.4 Å². The van der Waals surface area contributed by atoms with Gasteiger partial charge in [0.25, 0.3) is 5.91 Å². The molecular weight excluding hydrogens is 723 g/mol. The largest absolute Gasteiger partial charge is 0.354 e. The smallest absolute Gasteiger partial charge is 0.251 e. The van der Waals surface area contributed by atoms with E-state index in [1.165, 1.54) is 17.0 Å². The highest BCUT2D eigenvalue weighted by molar-refractivity contribution is 7.91. The number of fused-ring (bicyclic) bond motifs is 1. The van der Waals surface area contributed by atoms with Crippen LogP contribution < -0.4 is 21.3 Å². The highest BCUT2D eigenvalue weighted by Gasteiger charge is 2.28. The summed E-state index contributed by atoms with van der Waals surface area (Å²) in [6.45, 7) is 5.92. The van der Waals surface area contributed by atoms with Gasteiger partial charge in [0.05, 0.1) is 28.2 Å². The zero-order valence-corrected chi connectivity index (χ0v) is 32.2. The second-order valence-electron chi connectivity index (χ2n) is 14.1. The minimum atomic E-state index is -3.81. The molecule has 0 saturated heterocycles. The number of benzene rings is 3. The van der Waals surface area contributed by atoms with E-state index >= 15 is 0 Å². The molecule has 2 atom stereocenters. The Balaban J connectivity index is 1.42. The van der Waals surface area contributed by atoms with E-state index in [-0.39, 0.29) is 24.4 Å². The molecule has 4 N–H and O–H groups in total. The van der Waals surface area contributed by atoms with E-state index in [0.717, 1.165) is 22.4 Å². The fraction of sp³-hybridized carbons (Fsp3) is 0.400. The minimum absolute atomic E-state index is 0.0432. The van der Waals surface area contributed by atoms with Gasteiger partial charge in [-0.1, -0.05) is 62.4 Å². The number of nitrogens with zero attached hydrogens (tertiary/aromatic N) is 3. The third-order valence-electron chi connectivity index (χ3n) is 9.27. The van der Waals surface area contributed by atoms with E-state index in [1.807, 2.05) is 6.07 Å². The molecule has 2 bridgehead atoms. The number of carbonyl (C=O) groups excluding carboxylic acids is 5. The maximum Gasteiger partial charge on any atom is 0.251 e. The predicted molar refractivity (Wildman–Crippen MR) is 208 cm³/mol. The summed E-state index contributed by atoms with van der Waals surface area (Å²) < 4.78 is 28.1. The summed E-state index contributed by atoms with van der Waals surface area (Å²) in [6, 6.07) is 20.0. The molecule has 0 radical (unpaired) electrons. The standard InChI is InChI=1S/C40H49N7O7S/c1-27(2)23-35-44-32-16-15-30-25-34(32)47(35)20-10-18-41-38(50)28(3)43-40(52)33(24-29-11-6-4-7-12-29)45-36(48)26-46(21-19-42-39(30)51)37(49)17-22-55(53,54)31-13-8-5-9-14-31/h4-9,11-16,25,27-28,33H,10,17-24,26H2,1-3H3,(H,41,50)(H,42,51)(H,43,52)(H,45,48)/t28-,33+/m1/s1. The number of hydrogen-bond acceptors (Lipinski definition) is 8. The van der Waals surface area contributed by atoms with Gasteiger partial charge in [-0.25, -0.2) is 13.4 Å². The van der Waals surface area contributed by atoms with Crippen LogP contribution in [0, 0.1) is 5.92 Å². The van der Waals surface area contributed by atoms with Crippen LogP contribution >= 0.6 is 0 Å². The van der Waals surface area contributed by atoms with Crippen LogP contribution in [0.15, 0.2) is 83.8 Å². The van der Waals surface area contributed by atoms with Crippen LogP contribution in [0.5, 0.6) is 0 Å². The SMILES string of the molecule is CC(C)Cc1nc2ccc3cc2n1CCCNC(=O)[C@@H](C)NC(=O)[C@H](Cc1ccccc1)NC(=O)CN(C(=O)CCS(=O)(=O)c1ccccc1)CCNC3=O. The first-order chi connectivity index (χ1) is 26.3. The van der Waals surface area contributed by atoms with Gasteiger partial charge < -0.3 is 30.7 Å². The molecule has 5 rings (SSSR count). The molecule has 55 heavy (non-hydrogen) atoms. The van der Waals surface area contributed by atoms with Crippen molar-refractivity contribution in [3.05, 3.63) is 95.8 Å². The van der Waals surface area contributed by atoms with E-state index in [4.69, 9.17) is 4.98 Å². The first-order valence-electron chi connectivity index (χ1n) is 18.5. The van der Waals surface area contributed by atoms with E-state index in [2.05, 4.69) is 39.7 Å². The summed E-state index contributed by atoms with van der Waals surface area (Å²) in [6.07, 6.45) is 0.947. The lowest BCUT2D eigenvalue weighted by Gasteiger charge is -2.25. The molecule has 0 spiro atoms. The van der Waals surface area contributed by atoms with Crippen LogP contribution in [0.3, 0.4) is 0 Å². The van der Waals surface area contributed by atoms with E-state index < -0.39 is 70.2 Å². The molecule has 1 aliphatic rings. The molecule has 5 amide bonds. The van der Waals surface area contributed by atoms with Crippen LogP contribution in [0.25, 0.3) is 11.0 Å². The van der Waals surface area contributed by atoms with Gasteiger partial charge in [-0.05, 0) is 55.2 Å². The fourth-order valence-corrected chi connectivity index (χ4v) is 7.61. The van der Waals surface area contributed by atoms with Crippen molar-refractivity contribution in [1.82, 2.24) is 35.7 Å². The third-order valence-corrected chi connectivity index (χ3v) is 11.0. The lowest BCUT2D eigenvalue weighted by atomic mass is 10.0. The van der Waals surface area contributed by atoms with Gasteiger partial charge in [-0.3, -0.25) is 24.0 Å². The zero-order valence-electron chi connectivity index (χ0n) is 31.4. The Morgan fingerprint density at radius 2 is 1.58 bits per heavy atom. The Bertz CT molecular complexity index is 2100. The molecule has 4 aromatic rings. The Kier molecular flexibility index (Phi) is 13.8. The minimum Gasteiger partial charge on any atom is -0.354 e. The lowest BCUT2D eigenvalue weighted by Crippen LogP contribution is -2.55. The molecule has 0 aliphatic carbocycles. The number of aryl methyl sites for hydroxylation is 1. The van der Waals surface area contributed by atoms with E-state index in [1.54, 1.807) is 67.6 Å². The number of hydrogen-bond donors (Lipinski definition) is 4. The molecule has 1 aliphatic heterocycles. The average molecular weight is 772 g/mol. The van der Waals surface area contributed by atoms with Crippen molar-refractivity contribution in [3.8, 4) is 0 Å². The summed E-state index contributed by atoms with van der Waals surface area (Å²) in [4.78, 5) is 73.4. The van der Waals surface area contributed by atoms with Gasteiger partial charge in [0.15, 0.2) is 9.84 Å². The molecule has 2 heterocycles. The van der Waals surface area contributed by atoms with Gasteiger partial charge in [-0.2, -0.15) is 0 Å². The molecule has 292 valence electrons.